The zero-order valence-electron chi connectivity index (χ0n) is 17.4. The number of benzene rings is 1. The fourth-order valence-corrected chi connectivity index (χ4v) is 5.25. The van der Waals surface area contributed by atoms with Crippen molar-refractivity contribution in [2.24, 2.45) is 0 Å². The third-order valence-electron chi connectivity index (χ3n) is 6.25. The van der Waals surface area contributed by atoms with Crippen LogP contribution in [0.1, 0.15) is 58.3 Å². The largest absolute Gasteiger partial charge is 0.420 e. The molecule has 3 aromatic rings. The Balaban J connectivity index is 1.61. The summed E-state index contributed by atoms with van der Waals surface area (Å²) in [5.74, 6) is -1.67. The van der Waals surface area contributed by atoms with Crippen LogP contribution in [0.3, 0.4) is 0 Å². The van der Waals surface area contributed by atoms with Crippen molar-refractivity contribution in [2.75, 3.05) is 0 Å². The molecule has 172 valence electrons. The minimum atomic E-state index is -5.02. The van der Waals surface area contributed by atoms with Gasteiger partial charge in [-0.05, 0) is 50.8 Å². The van der Waals surface area contributed by atoms with Crippen molar-refractivity contribution in [1.82, 2.24) is 25.1 Å². The van der Waals surface area contributed by atoms with E-state index in [1.165, 1.54) is 0 Å². The summed E-state index contributed by atoms with van der Waals surface area (Å²) >= 11 is 5.94. The maximum Gasteiger partial charge on any atom is 0.420 e. The standard InChI is InChI=1S/C22H18ClF4N5O/c1-10-29-19(15-7-8-28-31-15)13-9-11-3-2-4-16(20(13)30-10)32(11)21(33)12-5-6-14(24)17(18(12)23)22(25,26)27/h5-8,11,16H,2-4,9H2,1H3,(H,28,31). The number of piperidine rings is 1. The van der Waals surface area contributed by atoms with Gasteiger partial charge in [0.2, 0.25) is 0 Å². The van der Waals surface area contributed by atoms with Crippen LogP contribution in [0.15, 0.2) is 24.4 Å². The van der Waals surface area contributed by atoms with Crippen LogP contribution in [0.2, 0.25) is 5.02 Å². The van der Waals surface area contributed by atoms with Gasteiger partial charge in [-0.3, -0.25) is 9.89 Å². The van der Waals surface area contributed by atoms with Crippen LogP contribution in [0.4, 0.5) is 17.6 Å². The zero-order chi connectivity index (χ0) is 23.5. The lowest BCUT2D eigenvalue weighted by Crippen LogP contribution is -2.50. The van der Waals surface area contributed by atoms with Gasteiger partial charge in [0.15, 0.2) is 0 Å². The second-order valence-corrected chi connectivity index (χ2v) is 8.63. The Bertz CT molecular complexity index is 1240. The Labute approximate surface area is 191 Å². The SMILES string of the molecule is Cc1nc(-c2ccn[nH]2)c2c(n1)C1CCCC(C2)N1C(=O)c1ccc(F)c(C(F)(F)F)c1Cl. The number of hydrogen-bond acceptors (Lipinski definition) is 4. The van der Waals surface area contributed by atoms with E-state index in [4.69, 9.17) is 11.6 Å². The van der Waals surface area contributed by atoms with Crippen molar-refractivity contribution in [2.45, 2.75) is 50.9 Å². The van der Waals surface area contributed by atoms with Crippen LogP contribution in [-0.4, -0.2) is 37.0 Å². The Kier molecular flexibility index (Phi) is 5.15. The molecule has 11 heteroatoms. The van der Waals surface area contributed by atoms with Gasteiger partial charge in [0.25, 0.3) is 5.91 Å². The van der Waals surface area contributed by atoms with Gasteiger partial charge in [0, 0.05) is 17.8 Å². The Morgan fingerprint density at radius 3 is 2.70 bits per heavy atom. The van der Waals surface area contributed by atoms with Crippen LogP contribution in [0, 0.1) is 12.7 Å². The zero-order valence-corrected chi connectivity index (χ0v) is 18.1. The van der Waals surface area contributed by atoms with E-state index in [9.17, 15) is 22.4 Å². The van der Waals surface area contributed by atoms with Crippen molar-refractivity contribution in [1.29, 1.82) is 0 Å². The number of hydrogen-bond donors (Lipinski definition) is 1. The number of alkyl halides is 3. The quantitative estimate of drug-likeness (QED) is 0.507. The number of aromatic amines is 1. The molecule has 2 aliphatic heterocycles. The number of carbonyl (C=O) groups is 1. The van der Waals surface area contributed by atoms with E-state index in [1.807, 2.05) is 0 Å². The van der Waals surface area contributed by atoms with Crippen LogP contribution >= 0.6 is 11.6 Å². The third-order valence-corrected chi connectivity index (χ3v) is 6.64. The topological polar surface area (TPSA) is 74.8 Å². The molecule has 2 aromatic heterocycles. The summed E-state index contributed by atoms with van der Waals surface area (Å²) < 4.78 is 54.0. The van der Waals surface area contributed by atoms with E-state index in [1.54, 1.807) is 24.1 Å². The number of aromatic nitrogens is 4. The third kappa shape index (κ3) is 3.56. The van der Waals surface area contributed by atoms with E-state index in [0.717, 1.165) is 23.7 Å². The van der Waals surface area contributed by atoms with E-state index in [0.29, 0.717) is 42.5 Å². The Morgan fingerprint density at radius 2 is 2.00 bits per heavy atom. The van der Waals surface area contributed by atoms with Crippen LogP contribution < -0.4 is 0 Å². The molecule has 0 spiro atoms. The highest BCUT2D eigenvalue weighted by Crippen LogP contribution is 2.45. The lowest BCUT2D eigenvalue weighted by molar-refractivity contribution is -0.139. The molecule has 0 radical (unpaired) electrons. The van der Waals surface area contributed by atoms with Crippen molar-refractivity contribution < 1.29 is 22.4 Å². The van der Waals surface area contributed by atoms with Crippen molar-refractivity contribution in [3.8, 4) is 11.4 Å². The summed E-state index contributed by atoms with van der Waals surface area (Å²) in [7, 11) is 0. The molecular weight excluding hydrogens is 462 g/mol. The van der Waals surface area contributed by atoms with Crippen molar-refractivity contribution in [3.63, 3.8) is 0 Å². The first-order chi connectivity index (χ1) is 15.7. The molecule has 2 aliphatic rings. The number of amides is 1. The van der Waals surface area contributed by atoms with Crippen LogP contribution in [0.25, 0.3) is 11.4 Å². The number of aryl methyl sites for hydroxylation is 1. The van der Waals surface area contributed by atoms with Crippen molar-refractivity contribution in [3.05, 3.63) is 63.4 Å². The fraction of sp³-hybridized carbons (Fsp3) is 0.364. The minimum Gasteiger partial charge on any atom is -0.327 e. The van der Waals surface area contributed by atoms with Crippen LogP contribution in [-0.2, 0) is 12.6 Å². The van der Waals surface area contributed by atoms with E-state index < -0.39 is 34.5 Å². The molecule has 6 nitrogen and oxygen atoms in total. The van der Waals surface area contributed by atoms with E-state index >= 15 is 0 Å². The van der Waals surface area contributed by atoms with Gasteiger partial charge >= 0.3 is 6.18 Å². The Morgan fingerprint density at radius 1 is 1.21 bits per heavy atom. The van der Waals surface area contributed by atoms with Gasteiger partial charge in [0.1, 0.15) is 17.2 Å². The lowest BCUT2D eigenvalue weighted by atomic mass is 9.81. The molecule has 1 saturated heterocycles. The molecule has 2 unspecified atom stereocenters. The van der Waals surface area contributed by atoms with Crippen molar-refractivity contribution >= 4 is 17.5 Å². The molecule has 1 N–H and O–H groups in total. The summed E-state index contributed by atoms with van der Waals surface area (Å²) in [4.78, 5) is 24.3. The molecule has 2 bridgehead atoms. The first kappa shape index (κ1) is 21.8. The van der Waals surface area contributed by atoms with E-state index in [-0.39, 0.29) is 11.6 Å². The molecule has 1 aromatic carbocycles. The maximum absolute atomic E-state index is 13.9. The molecule has 1 amide bonds. The fourth-order valence-electron chi connectivity index (χ4n) is 4.91. The Hall–Kier alpha value is -3.01. The average Bonchev–Trinajstić information content (AvgIpc) is 3.27. The average molecular weight is 480 g/mol. The van der Waals surface area contributed by atoms with Gasteiger partial charge in [-0.2, -0.15) is 18.3 Å². The number of fused-ring (bicyclic) bond motifs is 4. The number of halogens is 5. The number of nitrogens with one attached hydrogen (secondary N) is 1. The summed E-state index contributed by atoms with van der Waals surface area (Å²) in [6.45, 7) is 1.74. The minimum absolute atomic E-state index is 0.271. The number of nitrogens with zero attached hydrogens (tertiary/aromatic N) is 4. The molecule has 4 heterocycles. The maximum atomic E-state index is 13.9. The molecule has 1 fully saturated rings. The van der Waals surface area contributed by atoms with Gasteiger partial charge in [-0.15, -0.1) is 0 Å². The molecule has 2 atom stereocenters. The number of rotatable bonds is 2. The van der Waals surface area contributed by atoms with Gasteiger partial charge in [0.05, 0.1) is 33.7 Å². The molecule has 33 heavy (non-hydrogen) atoms. The lowest BCUT2D eigenvalue weighted by Gasteiger charge is -2.46. The highest BCUT2D eigenvalue weighted by atomic mass is 35.5. The number of H-pyrrole nitrogens is 1. The first-order valence-corrected chi connectivity index (χ1v) is 10.8. The highest BCUT2D eigenvalue weighted by Gasteiger charge is 2.45. The van der Waals surface area contributed by atoms with Gasteiger partial charge in [-0.1, -0.05) is 11.6 Å². The van der Waals surface area contributed by atoms with Gasteiger partial charge < -0.3 is 4.90 Å². The van der Waals surface area contributed by atoms with E-state index in [2.05, 4.69) is 20.2 Å². The highest BCUT2D eigenvalue weighted by molar-refractivity contribution is 6.34. The second kappa shape index (κ2) is 7.79. The predicted octanol–water partition coefficient (Wildman–Crippen LogP) is 5.28. The predicted molar refractivity (Wildman–Crippen MR) is 111 cm³/mol. The molecule has 0 aliphatic carbocycles. The van der Waals surface area contributed by atoms with Gasteiger partial charge in [-0.25, -0.2) is 14.4 Å². The summed E-state index contributed by atoms with van der Waals surface area (Å²) in [6, 6.07) is 2.73. The number of carbonyl (C=O) groups excluding carboxylic acids is 1. The summed E-state index contributed by atoms with van der Waals surface area (Å²) in [6.07, 6.45) is -0.858. The summed E-state index contributed by atoms with van der Waals surface area (Å²) in [5.41, 5.74) is 1.00. The normalized spacial score (nSPS) is 20.0. The smallest absolute Gasteiger partial charge is 0.327 e. The molecule has 0 saturated carbocycles. The molecule has 5 rings (SSSR count). The first-order valence-electron chi connectivity index (χ1n) is 10.4. The molecular formula is C22H18ClF4N5O. The monoisotopic (exact) mass is 479 g/mol. The second-order valence-electron chi connectivity index (χ2n) is 8.25. The van der Waals surface area contributed by atoms with Crippen LogP contribution in [0.5, 0.6) is 0 Å². The summed E-state index contributed by atoms with van der Waals surface area (Å²) in [5, 5.41) is 5.98.